The Hall–Kier alpha value is -4.01. The van der Waals surface area contributed by atoms with E-state index in [-0.39, 0.29) is 22.7 Å². The number of barbiturate groups is 1. The number of anilines is 1. The van der Waals surface area contributed by atoms with Gasteiger partial charge in [-0.15, -0.1) is 0 Å². The lowest BCUT2D eigenvalue weighted by Crippen LogP contribution is -2.54. The van der Waals surface area contributed by atoms with Gasteiger partial charge in [-0.2, -0.15) is 0 Å². The largest absolute Gasteiger partial charge is 0.868 e. The van der Waals surface area contributed by atoms with Gasteiger partial charge < -0.3 is 5.11 Å². The van der Waals surface area contributed by atoms with E-state index in [1.54, 1.807) is 24.3 Å². The zero-order valence-electron chi connectivity index (χ0n) is 15.5. The first-order valence-electron chi connectivity index (χ1n) is 8.66. The molecule has 0 aromatic heterocycles. The molecule has 1 heterocycles. The molecule has 0 spiro atoms. The third kappa shape index (κ3) is 3.84. The van der Waals surface area contributed by atoms with Crippen LogP contribution in [0.25, 0.3) is 6.08 Å². The van der Waals surface area contributed by atoms with E-state index in [9.17, 15) is 29.6 Å². The Morgan fingerprint density at radius 3 is 2.31 bits per heavy atom. The van der Waals surface area contributed by atoms with E-state index < -0.39 is 34.2 Å². The fraction of sp³-hybridized carbons (Fsp3) is 0.150. The third-order valence-electron chi connectivity index (χ3n) is 4.41. The fourth-order valence-corrected chi connectivity index (χ4v) is 2.83. The number of hydrogen-bond donors (Lipinski definition) is 1. The molecule has 0 atom stereocenters. The molecule has 1 aliphatic rings. The van der Waals surface area contributed by atoms with Gasteiger partial charge in [0.2, 0.25) is 0 Å². The molecule has 1 saturated heterocycles. The molecule has 0 unspecified atom stereocenters. The van der Waals surface area contributed by atoms with Crippen LogP contribution in [0, 0.1) is 10.1 Å². The van der Waals surface area contributed by atoms with E-state index in [4.69, 9.17) is 0 Å². The van der Waals surface area contributed by atoms with Crippen LogP contribution in [0.3, 0.4) is 0 Å². The molecule has 1 aliphatic heterocycles. The molecular weight excluding hydrogens is 378 g/mol. The van der Waals surface area contributed by atoms with Crippen molar-refractivity contribution in [2.45, 2.75) is 19.8 Å². The van der Waals surface area contributed by atoms with Crippen LogP contribution in [0.2, 0.25) is 0 Å². The number of imide groups is 2. The molecule has 9 heteroatoms. The molecule has 0 saturated carbocycles. The Morgan fingerprint density at radius 2 is 1.72 bits per heavy atom. The van der Waals surface area contributed by atoms with Gasteiger partial charge in [0, 0.05) is 6.07 Å². The normalized spacial score (nSPS) is 15.8. The number of carbonyl (C=O) groups excluding carboxylic acids is 3. The minimum atomic E-state index is -0.927. The molecule has 1 fully saturated rings. The molecule has 0 bridgehead atoms. The summed E-state index contributed by atoms with van der Waals surface area (Å²) < 4.78 is 0. The maximum Gasteiger partial charge on any atom is 0.335 e. The standard InChI is InChI=1S/C20H17N3O6/c1-11(2)13-4-6-14(7-5-13)22-19(26)15(18(25)21-20(22)27)9-12-3-8-17(24)16(10-12)23(28)29/h3-11,24H,1-2H3,(H,21,25,27)/p-1/b15-9-. The van der Waals surface area contributed by atoms with Crippen molar-refractivity contribution in [2.75, 3.05) is 4.90 Å². The van der Waals surface area contributed by atoms with E-state index in [2.05, 4.69) is 5.32 Å². The Morgan fingerprint density at radius 1 is 1.07 bits per heavy atom. The van der Waals surface area contributed by atoms with Crippen molar-refractivity contribution in [2.24, 2.45) is 0 Å². The van der Waals surface area contributed by atoms with Crippen LogP contribution in [0.4, 0.5) is 16.2 Å². The SMILES string of the molecule is CC(C)c1ccc(N2C(=O)NC(=O)/C(=C/c3ccc([O-])c([N+](=O)[O-])c3)C2=O)cc1. The highest BCUT2D eigenvalue weighted by molar-refractivity contribution is 6.39. The lowest BCUT2D eigenvalue weighted by atomic mass is 10.0. The second-order valence-corrected chi connectivity index (χ2v) is 6.69. The summed E-state index contributed by atoms with van der Waals surface area (Å²) in [5, 5.41) is 24.5. The number of rotatable bonds is 4. The number of urea groups is 1. The molecule has 9 nitrogen and oxygen atoms in total. The smallest absolute Gasteiger partial charge is 0.335 e. The number of amides is 4. The van der Waals surface area contributed by atoms with Gasteiger partial charge in [0.1, 0.15) is 5.57 Å². The van der Waals surface area contributed by atoms with Crippen LogP contribution in [-0.4, -0.2) is 22.8 Å². The lowest BCUT2D eigenvalue weighted by molar-refractivity contribution is -0.398. The number of nitro groups is 1. The average Bonchev–Trinajstić information content (AvgIpc) is 2.66. The maximum atomic E-state index is 12.8. The second-order valence-electron chi connectivity index (χ2n) is 6.69. The summed E-state index contributed by atoms with van der Waals surface area (Å²) in [4.78, 5) is 48.2. The van der Waals surface area contributed by atoms with Crippen molar-refractivity contribution in [1.29, 1.82) is 0 Å². The van der Waals surface area contributed by atoms with Crippen LogP contribution in [0.5, 0.6) is 5.75 Å². The molecule has 29 heavy (non-hydrogen) atoms. The van der Waals surface area contributed by atoms with Crippen LogP contribution in [0.15, 0.2) is 48.0 Å². The van der Waals surface area contributed by atoms with Gasteiger partial charge in [0.25, 0.3) is 17.5 Å². The first kappa shape index (κ1) is 19.7. The summed E-state index contributed by atoms with van der Waals surface area (Å²) in [7, 11) is 0. The first-order valence-corrected chi connectivity index (χ1v) is 8.66. The van der Waals surface area contributed by atoms with Gasteiger partial charge >= 0.3 is 6.03 Å². The van der Waals surface area contributed by atoms with Gasteiger partial charge in [-0.05, 0) is 41.0 Å². The van der Waals surface area contributed by atoms with Crippen LogP contribution < -0.4 is 15.3 Å². The number of benzene rings is 2. The van der Waals surface area contributed by atoms with E-state index in [0.717, 1.165) is 28.7 Å². The summed E-state index contributed by atoms with van der Waals surface area (Å²) in [6.07, 6.45) is 1.10. The summed E-state index contributed by atoms with van der Waals surface area (Å²) in [5.41, 5.74) is 0.330. The highest BCUT2D eigenvalue weighted by Gasteiger charge is 2.36. The molecule has 4 amide bonds. The predicted octanol–water partition coefficient (Wildman–Crippen LogP) is 2.46. The van der Waals surface area contributed by atoms with Crippen LogP contribution in [-0.2, 0) is 9.59 Å². The quantitative estimate of drug-likeness (QED) is 0.367. The molecule has 2 aromatic rings. The lowest BCUT2D eigenvalue weighted by Gasteiger charge is -2.26. The third-order valence-corrected chi connectivity index (χ3v) is 4.41. The van der Waals surface area contributed by atoms with Crippen molar-refractivity contribution in [1.82, 2.24) is 5.32 Å². The van der Waals surface area contributed by atoms with Gasteiger partial charge in [-0.3, -0.25) is 25.0 Å². The highest BCUT2D eigenvalue weighted by Crippen LogP contribution is 2.27. The second kappa shape index (κ2) is 7.55. The molecule has 3 rings (SSSR count). The highest BCUT2D eigenvalue weighted by atomic mass is 16.6. The number of nitrogens with one attached hydrogen (secondary N) is 1. The van der Waals surface area contributed by atoms with E-state index in [1.807, 2.05) is 13.8 Å². The number of nitro benzene ring substituents is 1. The molecule has 0 aliphatic carbocycles. The predicted molar refractivity (Wildman–Crippen MR) is 102 cm³/mol. The topological polar surface area (TPSA) is 133 Å². The Bertz CT molecular complexity index is 1060. The molecule has 148 valence electrons. The molecular formula is C20H16N3O6-. The zero-order valence-corrected chi connectivity index (χ0v) is 15.5. The summed E-state index contributed by atoms with van der Waals surface area (Å²) in [6, 6.07) is 9.04. The number of hydrogen-bond acceptors (Lipinski definition) is 6. The summed E-state index contributed by atoms with van der Waals surface area (Å²) >= 11 is 0. The van der Waals surface area contributed by atoms with Gasteiger partial charge in [-0.25, -0.2) is 9.69 Å². The minimum absolute atomic E-state index is 0.110. The van der Waals surface area contributed by atoms with Crippen LogP contribution >= 0.6 is 0 Å². The van der Waals surface area contributed by atoms with Crippen molar-refractivity contribution in [3.63, 3.8) is 0 Å². The van der Waals surface area contributed by atoms with Crippen molar-refractivity contribution >= 4 is 35.3 Å². The van der Waals surface area contributed by atoms with Gasteiger partial charge in [-0.1, -0.05) is 38.1 Å². The Balaban J connectivity index is 2.00. The Labute approximate surface area is 165 Å². The molecule has 2 aromatic carbocycles. The van der Waals surface area contributed by atoms with Crippen molar-refractivity contribution < 1.29 is 24.4 Å². The minimum Gasteiger partial charge on any atom is -0.868 e. The van der Waals surface area contributed by atoms with Gasteiger partial charge in [0.05, 0.1) is 10.6 Å². The van der Waals surface area contributed by atoms with Crippen molar-refractivity contribution in [3.05, 3.63) is 69.3 Å². The van der Waals surface area contributed by atoms with E-state index >= 15 is 0 Å². The van der Waals surface area contributed by atoms with Crippen molar-refractivity contribution in [3.8, 4) is 5.75 Å². The van der Waals surface area contributed by atoms with Gasteiger partial charge in [0.15, 0.2) is 0 Å². The first-order chi connectivity index (χ1) is 13.7. The number of carbonyl (C=O) groups is 3. The maximum absolute atomic E-state index is 12.8. The monoisotopic (exact) mass is 394 g/mol. The Kier molecular flexibility index (Phi) is 5.14. The molecule has 0 radical (unpaired) electrons. The van der Waals surface area contributed by atoms with E-state index in [1.165, 1.54) is 6.07 Å². The summed E-state index contributed by atoms with van der Waals surface area (Å²) in [5.74, 6) is -2.33. The number of nitrogens with zero attached hydrogens (tertiary/aromatic N) is 2. The molecule has 1 N–H and O–H groups in total. The average molecular weight is 394 g/mol. The fourth-order valence-electron chi connectivity index (χ4n) is 2.83. The summed E-state index contributed by atoms with van der Waals surface area (Å²) in [6.45, 7) is 4.00. The van der Waals surface area contributed by atoms with Crippen LogP contribution in [0.1, 0.15) is 30.9 Å². The zero-order chi connectivity index (χ0) is 21.3. The van der Waals surface area contributed by atoms with E-state index in [0.29, 0.717) is 0 Å².